The molecule has 4 heteroatoms. The lowest BCUT2D eigenvalue weighted by Crippen LogP contribution is -2.19. The number of rotatable bonds is 2. The van der Waals surface area contributed by atoms with Crippen LogP contribution in [0.15, 0.2) is 24.3 Å². The normalized spacial score (nSPS) is 23.1. The Kier molecular flexibility index (Phi) is 3.90. The number of hydrogen-bond acceptors (Lipinski definition) is 4. The number of benzene rings is 1. The Hall–Kier alpha value is -0.940. The topological polar surface area (TPSA) is 36.9 Å². The third kappa shape index (κ3) is 2.72. The van der Waals surface area contributed by atoms with Gasteiger partial charge in [0.1, 0.15) is 0 Å². The molecule has 3 rings (SSSR count). The fourth-order valence-corrected chi connectivity index (χ4v) is 2.17. The molecular weight excluding hydrogens is 232 g/mol. The fourth-order valence-electron chi connectivity index (χ4n) is 2.17. The van der Waals surface area contributed by atoms with Crippen LogP contribution in [-0.2, 0) is 18.9 Å². The molecule has 0 saturated carbocycles. The van der Waals surface area contributed by atoms with Crippen LogP contribution >= 0.6 is 0 Å². The van der Waals surface area contributed by atoms with Crippen LogP contribution in [-0.4, -0.2) is 26.4 Å². The average Bonchev–Trinajstić information content (AvgIpc) is 2.49. The summed E-state index contributed by atoms with van der Waals surface area (Å²) in [5.74, 6) is 0. The van der Waals surface area contributed by atoms with Crippen molar-refractivity contribution < 1.29 is 18.9 Å². The highest BCUT2D eigenvalue weighted by molar-refractivity contribution is 5.24. The van der Waals surface area contributed by atoms with Gasteiger partial charge < -0.3 is 18.9 Å². The van der Waals surface area contributed by atoms with E-state index < -0.39 is 0 Å². The molecule has 1 aromatic carbocycles. The first kappa shape index (κ1) is 12.1. The van der Waals surface area contributed by atoms with Crippen molar-refractivity contribution in [1.29, 1.82) is 0 Å². The second kappa shape index (κ2) is 5.80. The van der Waals surface area contributed by atoms with Crippen LogP contribution in [0.1, 0.15) is 36.5 Å². The van der Waals surface area contributed by atoms with Crippen molar-refractivity contribution in [2.45, 2.75) is 25.4 Å². The first-order chi connectivity index (χ1) is 8.93. The zero-order valence-electron chi connectivity index (χ0n) is 10.3. The van der Waals surface area contributed by atoms with Gasteiger partial charge in [0.2, 0.25) is 0 Å². The van der Waals surface area contributed by atoms with Gasteiger partial charge in [-0.25, -0.2) is 0 Å². The lowest BCUT2D eigenvalue weighted by atomic mass is 10.1. The molecule has 0 aromatic heterocycles. The molecule has 0 spiro atoms. The minimum Gasteiger partial charge on any atom is -0.348 e. The van der Waals surface area contributed by atoms with Gasteiger partial charge in [-0.2, -0.15) is 0 Å². The van der Waals surface area contributed by atoms with Gasteiger partial charge in [-0.1, -0.05) is 24.3 Å². The van der Waals surface area contributed by atoms with Gasteiger partial charge in [0.15, 0.2) is 12.6 Å². The smallest absolute Gasteiger partial charge is 0.183 e. The van der Waals surface area contributed by atoms with Gasteiger partial charge in [-0.15, -0.1) is 0 Å². The zero-order valence-corrected chi connectivity index (χ0v) is 10.3. The van der Waals surface area contributed by atoms with Crippen LogP contribution in [0, 0.1) is 0 Å². The van der Waals surface area contributed by atoms with E-state index in [-0.39, 0.29) is 12.6 Å². The third-order valence-corrected chi connectivity index (χ3v) is 3.14. The minimum atomic E-state index is -0.221. The lowest BCUT2D eigenvalue weighted by Gasteiger charge is -2.25. The summed E-state index contributed by atoms with van der Waals surface area (Å²) in [7, 11) is 0. The van der Waals surface area contributed by atoms with Crippen molar-refractivity contribution in [1.82, 2.24) is 0 Å². The number of hydrogen-bond donors (Lipinski definition) is 0. The van der Waals surface area contributed by atoms with Gasteiger partial charge in [-0.3, -0.25) is 0 Å². The van der Waals surface area contributed by atoms with Gasteiger partial charge in [0.05, 0.1) is 26.4 Å². The standard InChI is InChI=1S/C14H18O4/c1-7-15-13(16-8-1)11-3-5-12(6-4-11)14-17-9-2-10-18-14/h3-6,13-14H,1-2,7-10H2. The van der Waals surface area contributed by atoms with E-state index in [1.165, 1.54) is 0 Å². The van der Waals surface area contributed by atoms with Crippen LogP contribution in [0.4, 0.5) is 0 Å². The summed E-state index contributed by atoms with van der Waals surface area (Å²) in [6.07, 6.45) is 1.50. The Morgan fingerprint density at radius 1 is 0.611 bits per heavy atom. The van der Waals surface area contributed by atoms with E-state index in [9.17, 15) is 0 Å². The molecule has 0 unspecified atom stereocenters. The molecular formula is C14H18O4. The molecule has 18 heavy (non-hydrogen) atoms. The molecule has 0 radical (unpaired) electrons. The molecule has 0 atom stereocenters. The summed E-state index contributed by atoms with van der Waals surface area (Å²) in [5.41, 5.74) is 2.10. The first-order valence-electron chi connectivity index (χ1n) is 6.50. The second-order valence-corrected chi connectivity index (χ2v) is 4.52. The van der Waals surface area contributed by atoms with E-state index in [0.29, 0.717) is 0 Å². The summed E-state index contributed by atoms with van der Waals surface area (Å²) in [4.78, 5) is 0. The van der Waals surface area contributed by atoms with Gasteiger partial charge >= 0.3 is 0 Å². The van der Waals surface area contributed by atoms with Crippen molar-refractivity contribution >= 4 is 0 Å². The summed E-state index contributed by atoms with van der Waals surface area (Å²) < 4.78 is 22.3. The molecule has 0 N–H and O–H groups in total. The zero-order chi connectivity index (χ0) is 12.2. The highest BCUT2D eigenvalue weighted by atomic mass is 16.7. The van der Waals surface area contributed by atoms with Crippen molar-refractivity contribution in [2.75, 3.05) is 26.4 Å². The molecule has 2 aliphatic heterocycles. The van der Waals surface area contributed by atoms with Crippen molar-refractivity contribution in [3.8, 4) is 0 Å². The van der Waals surface area contributed by atoms with Crippen LogP contribution in [0.5, 0.6) is 0 Å². The molecule has 2 saturated heterocycles. The molecule has 2 aliphatic rings. The van der Waals surface area contributed by atoms with Crippen molar-refractivity contribution in [3.05, 3.63) is 35.4 Å². The summed E-state index contributed by atoms with van der Waals surface area (Å²) >= 11 is 0. The largest absolute Gasteiger partial charge is 0.348 e. The van der Waals surface area contributed by atoms with E-state index in [1.54, 1.807) is 0 Å². The molecule has 0 aliphatic carbocycles. The summed E-state index contributed by atoms with van der Waals surface area (Å²) in [6.45, 7) is 3.06. The Labute approximate surface area is 107 Å². The summed E-state index contributed by atoms with van der Waals surface area (Å²) in [5, 5.41) is 0. The monoisotopic (exact) mass is 250 g/mol. The predicted molar refractivity (Wildman–Crippen MR) is 65.0 cm³/mol. The molecule has 2 heterocycles. The Morgan fingerprint density at radius 3 is 1.28 bits per heavy atom. The highest BCUT2D eigenvalue weighted by Crippen LogP contribution is 2.27. The molecule has 4 nitrogen and oxygen atoms in total. The van der Waals surface area contributed by atoms with Crippen LogP contribution in [0.3, 0.4) is 0 Å². The maximum atomic E-state index is 5.56. The van der Waals surface area contributed by atoms with Gasteiger partial charge in [0.25, 0.3) is 0 Å². The van der Waals surface area contributed by atoms with Crippen LogP contribution < -0.4 is 0 Å². The van der Waals surface area contributed by atoms with Crippen LogP contribution in [0.25, 0.3) is 0 Å². The molecule has 0 bridgehead atoms. The first-order valence-corrected chi connectivity index (χ1v) is 6.50. The van der Waals surface area contributed by atoms with Gasteiger partial charge in [0, 0.05) is 11.1 Å². The quantitative estimate of drug-likeness (QED) is 0.808. The fraction of sp³-hybridized carbons (Fsp3) is 0.571. The van der Waals surface area contributed by atoms with E-state index in [2.05, 4.69) is 0 Å². The van der Waals surface area contributed by atoms with E-state index >= 15 is 0 Å². The molecule has 1 aromatic rings. The third-order valence-electron chi connectivity index (χ3n) is 3.14. The van der Waals surface area contributed by atoms with E-state index in [1.807, 2.05) is 24.3 Å². The Bertz CT molecular complexity index is 327. The van der Waals surface area contributed by atoms with Crippen LogP contribution in [0.2, 0.25) is 0 Å². The van der Waals surface area contributed by atoms with E-state index in [4.69, 9.17) is 18.9 Å². The minimum absolute atomic E-state index is 0.221. The number of ether oxygens (including phenoxy) is 4. The maximum absolute atomic E-state index is 5.56. The van der Waals surface area contributed by atoms with Crippen molar-refractivity contribution in [2.24, 2.45) is 0 Å². The van der Waals surface area contributed by atoms with Crippen molar-refractivity contribution in [3.63, 3.8) is 0 Å². The Morgan fingerprint density at radius 2 is 0.944 bits per heavy atom. The lowest BCUT2D eigenvalue weighted by molar-refractivity contribution is -0.184. The predicted octanol–water partition coefficient (Wildman–Crippen LogP) is 2.56. The highest BCUT2D eigenvalue weighted by Gasteiger charge is 2.19. The maximum Gasteiger partial charge on any atom is 0.183 e. The summed E-state index contributed by atoms with van der Waals surface area (Å²) in [6, 6.07) is 8.08. The Balaban J connectivity index is 1.67. The second-order valence-electron chi connectivity index (χ2n) is 4.52. The molecule has 98 valence electrons. The molecule has 0 amide bonds. The molecule has 2 fully saturated rings. The SMILES string of the molecule is c1cc(C2OCCCO2)ccc1C1OCCCO1. The average molecular weight is 250 g/mol. The van der Waals surface area contributed by atoms with E-state index in [0.717, 1.165) is 50.4 Å². The van der Waals surface area contributed by atoms with Gasteiger partial charge in [-0.05, 0) is 12.8 Å².